The van der Waals surface area contributed by atoms with Crippen molar-refractivity contribution in [3.63, 3.8) is 0 Å². The van der Waals surface area contributed by atoms with E-state index >= 15 is 0 Å². The van der Waals surface area contributed by atoms with Gasteiger partial charge in [0.05, 0.1) is 0 Å². The topological polar surface area (TPSA) is 30.9 Å². The number of nitrogens with two attached hydrogens (primary N) is 1. The standard InChI is InChI=1S/C19H22N2/c20-11-3-4-14-9-10-19-17(12-14)16-5-1-2-6-18(16)21(19)13-15-7-8-15/h1-2,5-6,9-10,12,15H,3-4,7-8,11,13,20H2. The molecule has 0 spiro atoms. The molecule has 2 nitrogen and oxygen atoms in total. The largest absolute Gasteiger partial charge is 0.340 e. The van der Waals surface area contributed by atoms with Crippen molar-refractivity contribution in [2.75, 3.05) is 6.54 Å². The van der Waals surface area contributed by atoms with E-state index in [0.717, 1.165) is 25.3 Å². The van der Waals surface area contributed by atoms with Gasteiger partial charge in [0.2, 0.25) is 0 Å². The lowest BCUT2D eigenvalue weighted by Gasteiger charge is -2.06. The van der Waals surface area contributed by atoms with Gasteiger partial charge < -0.3 is 10.3 Å². The summed E-state index contributed by atoms with van der Waals surface area (Å²) in [6.45, 7) is 1.94. The molecule has 0 aliphatic heterocycles. The first-order chi connectivity index (χ1) is 10.4. The molecule has 1 fully saturated rings. The van der Waals surface area contributed by atoms with Crippen molar-refractivity contribution in [2.45, 2.75) is 32.2 Å². The van der Waals surface area contributed by atoms with Crippen molar-refractivity contribution in [3.05, 3.63) is 48.0 Å². The summed E-state index contributed by atoms with van der Waals surface area (Å²) in [7, 11) is 0. The van der Waals surface area contributed by atoms with Gasteiger partial charge >= 0.3 is 0 Å². The van der Waals surface area contributed by atoms with Gasteiger partial charge in [-0.25, -0.2) is 0 Å². The molecule has 1 heterocycles. The van der Waals surface area contributed by atoms with Gasteiger partial charge in [0, 0.05) is 28.4 Å². The van der Waals surface area contributed by atoms with Crippen LogP contribution in [-0.2, 0) is 13.0 Å². The van der Waals surface area contributed by atoms with Gasteiger partial charge in [-0.05, 0) is 61.9 Å². The zero-order valence-electron chi connectivity index (χ0n) is 12.4. The Morgan fingerprint density at radius 3 is 2.62 bits per heavy atom. The summed E-state index contributed by atoms with van der Waals surface area (Å²) >= 11 is 0. The van der Waals surface area contributed by atoms with Crippen LogP contribution < -0.4 is 5.73 Å². The van der Waals surface area contributed by atoms with Gasteiger partial charge in [-0.15, -0.1) is 0 Å². The summed E-state index contributed by atoms with van der Waals surface area (Å²) in [4.78, 5) is 0. The van der Waals surface area contributed by atoms with E-state index in [2.05, 4.69) is 47.0 Å². The number of hydrogen-bond donors (Lipinski definition) is 1. The maximum atomic E-state index is 5.64. The highest BCUT2D eigenvalue weighted by Crippen LogP contribution is 2.36. The van der Waals surface area contributed by atoms with Crippen LogP contribution in [0.2, 0.25) is 0 Å². The third kappa shape index (κ3) is 2.34. The third-order valence-corrected chi connectivity index (χ3v) is 4.64. The Kier molecular flexibility index (Phi) is 3.19. The first-order valence-electron chi connectivity index (χ1n) is 8.07. The molecule has 1 aliphatic carbocycles. The minimum atomic E-state index is 0.765. The van der Waals surface area contributed by atoms with Gasteiger partial charge in [-0.3, -0.25) is 0 Å². The van der Waals surface area contributed by atoms with E-state index in [-0.39, 0.29) is 0 Å². The zero-order valence-corrected chi connectivity index (χ0v) is 12.4. The van der Waals surface area contributed by atoms with E-state index < -0.39 is 0 Å². The number of para-hydroxylation sites is 1. The number of nitrogens with zero attached hydrogens (tertiary/aromatic N) is 1. The maximum Gasteiger partial charge on any atom is 0.0491 e. The smallest absolute Gasteiger partial charge is 0.0491 e. The molecule has 0 radical (unpaired) electrons. The number of benzene rings is 2. The second kappa shape index (κ2) is 5.19. The molecular formula is C19H22N2. The summed E-state index contributed by atoms with van der Waals surface area (Å²) in [6, 6.07) is 15.8. The number of fused-ring (bicyclic) bond motifs is 3. The van der Waals surface area contributed by atoms with Gasteiger partial charge in [-0.2, -0.15) is 0 Å². The summed E-state index contributed by atoms with van der Waals surface area (Å²) in [5.74, 6) is 0.890. The van der Waals surface area contributed by atoms with Crippen molar-refractivity contribution in [2.24, 2.45) is 11.7 Å². The molecular weight excluding hydrogens is 256 g/mol. The molecule has 2 N–H and O–H groups in total. The molecule has 2 heteroatoms. The molecule has 1 aromatic heterocycles. The monoisotopic (exact) mass is 278 g/mol. The van der Waals surface area contributed by atoms with E-state index in [0.29, 0.717) is 0 Å². The molecule has 1 aliphatic rings. The minimum absolute atomic E-state index is 0.765. The summed E-state index contributed by atoms with van der Waals surface area (Å²) < 4.78 is 2.52. The second-order valence-electron chi connectivity index (χ2n) is 6.31. The molecule has 0 saturated heterocycles. The Morgan fingerprint density at radius 2 is 1.81 bits per heavy atom. The normalized spacial score (nSPS) is 15.1. The first-order valence-corrected chi connectivity index (χ1v) is 8.07. The van der Waals surface area contributed by atoms with Gasteiger partial charge in [0.15, 0.2) is 0 Å². The van der Waals surface area contributed by atoms with Crippen LogP contribution in [0.3, 0.4) is 0 Å². The summed E-state index contributed by atoms with van der Waals surface area (Å²) in [6.07, 6.45) is 4.92. The summed E-state index contributed by atoms with van der Waals surface area (Å²) in [5, 5.41) is 2.79. The molecule has 0 bridgehead atoms. The van der Waals surface area contributed by atoms with Crippen LogP contribution in [0.1, 0.15) is 24.8 Å². The zero-order chi connectivity index (χ0) is 14.2. The third-order valence-electron chi connectivity index (χ3n) is 4.64. The van der Waals surface area contributed by atoms with Crippen molar-refractivity contribution in [1.29, 1.82) is 0 Å². The Balaban J connectivity index is 1.88. The Hall–Kier alpha value is -1.80. The van der Waals surface area contributed by atoms with Crippen LogP contribution in [0.25, 0.3) is 21.8 Å². The number of aromatic nitrogens is 1. The van der Waals surface area contributed by atoms with E-state index in [9.17, 15) is 0 Å². The average molecular weight is 278 g/mol. The van der Waals surface area contributed by atoms with Gasteiger partial charge in [0.25, 0.3) is 0 Å². The fraction of sp³-hybridized carbons (Fsp3) is 0.368. The van der Waals surface area contributed by atoms with E-state index in [1.807, 2.05) is 0 Å². The number of rotatable bonds is 5. The molecule has 2 aromatic carbocycles. The molecule has 108 valence electrons. The second-order valence-corrected chi connectivity index (χ2v) is 6.31. The highest BCUT2D eigenvalue weighted by molar-refractivity contribution is 6.08. The van der Waals surface area contributed by atoms with Crippen LogP contribution in [0.15, 0.2) is 42.5 Å². The van der Waals surface area contributed by atoms with Crippen LogP contribution in [-0.4, -0.2) is 11.1 Å². The van der Waals surface area contributed by atoms with Crippen LogP contribution in [0.5, 0.6) is 0 Å². The molecule has 3 aromatic rings. The average Bonchev–Trinajstić information content (AvgIpc) is 3.29. The highest BCUT2D eigenvalue weighted by atomic mass is 15.0. The number of hydrogen-bond acceptors (Lipinski definition) is 1. The molecule has 0 atom stereocenters. The minimum Gasteiger partial charge on any atom is -0.340 e. The molecule has 0 unspecified atom stereocenters. The summed E-state index contributed by atoms with van der Waals surface area (Å²) in [5.41, 5.74) is 9.82. The van der Waals surface area contributed by atoms with Crippen molar-refractivity contribution >= 4 is 21.8 Å². The lowest BCUT2D eigenvalue weighted by Crippen LogP contribution is -2.01. The lowest BCUT2D eigenvalue weighted by atomic mass is 10.1. The number of aryl methyl sites for hydroxylation is 1. The quantitative estimate of drug-likeness (QED) is 0.748. The fourth-order valence-electron chi connectivity index (χ4n) is 3.32. The predicted molar refractivity (Wildman–Crippen MR) is 89.5 cm³/mol. The Bertz CT molecular complexity index is 781. The Morgan fingerprint density at radius 1 is 1.00 bits per heavy atom. The van der Waals surface area contributed by atoms with Gasteiger partial charge in [-0.1, -0.05) is 24.3 Å². The van der Waals surface area contributed by atoms with E-state index in [1.165, 1.54) is 46.8 Å². The van der Waals surface area contributed by atoms with Crippen molar-refractivity contribution in [3.8, 4) is 0 Å². The fourth-order valence-corrected chi connectivity index (χ4v) is 3.32. The molecule has 1 saturated carbocycles. The molecule has 0 amide bonds. The van der Waals surface area contributed by atoms with Crippen LogP contribution >= 0.6 is 0 Å². The van der Waals surface area contributed by atoms with Crippen LogP contribution in [0, 0.1) is 5.92 Å². The Labute approximate surface area is 125 Å². The first kappa shape index (κ1) is 12.9. The van der Waals surface area contributed by atoms with E-state index in [4.69, 9.17) is 5.73 Å². The van der Waals surface area contributed by atoms with E-state index in [1.54, 1.807) is 0 Å². The molecule has 4 rings (SSSR count). The highest BCUT2D eigenvalue weighted by Gasteiger charge is 2.23. The lowest BCUT2D eigenvalue weighted by molar-refractivity contribution is 0.664. The van der Waals surface area contributed by atoms with Gasteiger partial charge in [0.1, 0.15) is 0 Å². The SMILES string of the molecule is NCCCc1ccc2c(c1)c1ccccc1n2CC1CC1. The predicted octanol–water partition coefficient (Wildman–Crippen LogP) is 4.10. The van der Waals surface area contributed by atoms with Crippen molar-refractivity contribution < 1.29 is 0 Å². The van der Waals surface area contributed by atoms with Crippen LogP contribution in [0.4, 0.5) is 0 Å². The maximum absolute atomic E-state index is 5.64. The van der Waals surface area contributed by atoms with Crippen molar-refractivity contribution in [1.82, 2.24) is 4.57 Å². The molecule has 21 heavy (non-hydrogen) atoms.